The Kier molecular flexibility index (Phi) is 9.60. The Balaban J connectivity index is 4.23. The van der Waals surface area contributed by atoms with E-state index in [4.69, 9.17) is 9.47 Å². The highest BCUT2D eigenvalue weighted by Crippen LogP contribution is 2.22. The molecule has 0 aromatic carbocycles. The highest BCUT2D eigenvalue weighted by molar-refractivity contribution is 5.88. The summed E-state index contributed by atoms with van der Waals surface area (Å²) in [7, 11) is 1.54. The molecule has 0 bridgehead atoms. The molecule has 0 saturated carbocycles. The number of hydrogen-bond donors (Lipinski definition) is 1. The van der Waals surface area contributed by atoms with Crippen LogP contribution in [-0.2, 0) is 14.3 Å². The van der Waals surface area contributed by atoms with Crippen molar-refractivity contribution in [3.63, 3.8) is 0 Å². The van der Waals surface area contributed by atoms with Gasteiger partial charge in [-0.1, -0.05) is 39.7 Å². The fraction of sp³-hybridized carbons (Fsp3) is 0.786. The van der Waals surface area contributed by atoms with E-state index in [9.17, 15) is 9.90 Å². The summed E-state index contributed by atoms with van der Waals surface area (Å²) in [6, 6.07) is 0. The van der Waals surface area contributed by atoms with Gasteiger partial charge in [-0.15, -0.1) is 0 Å². The number of carbonyl (C=O) groups is 1. The molecule has 0 radical (unpaired) electrons. The third-order valence-electron chi connectivity index (χ3n) is 3.04. The van der Waals surface area contributed by atoms with Crippen LogP contribution in [-0.4, -0.2) is 37.5 Å². The van der Waals surface area contributed by atoms with Crippen molar-refractivity contribution in [3.05, 3.63) is 12.2 Å². The van der Waals surface area contributed by atoms with E-state index < -0.39 is 12.1 Å². The largest absolute Gasteiger partial charge is 0.460 e. The maximum atomic E-state index is 11.6. The van der Waals surface area contributed by atoms with E-state index in [1.807, 2.05) is 6.92 Å². The Morgan fingerprint density at radius 3 is 2.50 bits per heavy atom. The zero-order chi connectivity index (χ0) is 14.0. The normalized spacial score (nSPS) is 14.0. The minimum atomic E-state index is -0.809. The number of aliphatic hydroxyl groups is 1. The maximum absolute atomic E-state index is 11.6. The van der Waals surface area contributed by atoms with Gasteiger partial charge in [-0.3, -0.25) is 0 Å². The summed E-state index contributed by atoms with van der Waals surface area (Å²) in [5, 5.41) is 10.1. The molecule has 0 aromatic heterocycles. The van der Waals surface area contributed by atoms with Crippen molar-refractivity contribution in [1.29, 1.82) is 0 Å². The van der Waals surface area contributed by atoms with Gasteiger partial charge in [-0.25, -0.2) is 4.79 Å². The molecule has 4 heteroatoms. The summed E-state index contributed by atoms with van der Waals surface area (Å²) >= 11 is 0. The molecule has 0 amide bonds. The lowest BCUT2D eigenvalue weighted by Gasteiger charge is -2.22. The van der Waals surface area contributed by atoms with Crippen LogP contribution in [0.1, 0.15) is 39.5 Å². The third kappa shape index (κ3) is 6.17. The fourth-order valence-electron chi connectivity index (χ4n) is 1.77. The van der Waals surface area contributed by atoms with Crippen LogP contribution in [0.3, 0.4) is 0 Å². The average molecular weight is 258 g/mol. The molecule has 0 saturated heterocycles. The van der Waals surface area contributed by atoms with E-state index >= 15 is 0 Å². The average Bonchev–Trinajstić information content (AvgIpc) is 2.38. The summed E-state index contributed by atoms with van der Waals surface area (Å²) in [6.45, 7) is 8.29. The molecule has 0 spiro atoms. The first kappa shape index (κ1) is 17.1. The number of rotatable bonds is 10. The van der Waals surface area contributed by atoms with Gasteiger partial charge >= 0.3 is 5.97 Å². The van der Waals surface area contributed by atoms with Crippen LogP contribution in [0.15, 0.2) is 12.2 Å². The van der Waals surface area contributed by atoms with Crippen molar-refractivity contribution in [2.45, 2.75) is 45.6 Å². The number of hydrogen-bond acceptors (Lipinski definition) is 4. The van der Waals surface area contributed by atoms with Crippen molar-refractivity contribution in [2.75, 3.05) is 20.3 Å². The van der Waals surface area contributed by atoms with Crippen LogP contribution in [0.2, 0.25) is 0 Å². The van der Waals surface area contributed by atoms with Crippen molar-refractivity contribution in [3.8, 4) is 0 Å². The Morgan fingerprint density at radius 2 is 2.00 bits per heavy atom. The number of carbonyl (C=O) groups excluding carboxylic acids is 1. The monoisotopic (exact) mass is 258 g/mol. The quantitative estimate of drug-likeness (QED) is 0.371. The number of aliphatic hydroxyl groups excluding tert-OH is 1. The van der Waals surface area contributed by atoms with Gasteiger partial charge < -0.3 is 14.6 Å². The van der Waals surface area contributed by atoms with Crippen LogP contribution in [0.25, 0.3) is 0 Å². The molecule has 0 fully saturated rings. The molecule has 4 nitrogen and oxygen atoms in total. The SMILES string of the molecule is C=C(C(=O)OCCOC)C(O)C(CC)CCCC. The van der Waals surface area contributed by atoms with Crippen molar-refractivity contribution in [1.82, 2.24) is 0 Å². The first-order valence-electron chi connectivity index (χ1n) is 6.61. The van der Waals surface area contributed by atoms with Gasteiger partial charge in [0.25, 0.3) is 0 Å². The molecule has 106 valence electrons. The predicted molar refractivity (Wildman–Crippen MR) is 71.3 cm³/mol. The second-order valence-electron chi connectivity index (χ2n) is 4.41. The van der Waals surface area contributed by atoms with E-state index in [-0.39, 0.29) is 18.1 Å². The van der Waals surface area contributed by atoms with Gasteiger partial charge in [0, 0.05) is 7.11 Å². The van der Waals surface area contributed by atoms with E-state index in [2.05, 4.69) is 13.5 Å². The summed E-state index contributed by atoms with van der Waals surface area (Å²) in [6.07, 6.45) is 3.04. The van der Waals surface area contributed by atoms with Gasteiger partial charge in [0.1, 0.15) is 6.61 Å². The summed E-state index contributed by atoms with van der Waals surface area (Å²) in [5.41, 5.74) is 0.147. The van der Waals surface area contributed by atoms with E-state index in [1.54, 1.807) is 0 Å². The van der Waals surface area contributed by atoms with Crippen LogP contribution in [0.5, 0.6) is 0 Å². The molecule has 0 rings (SSSR count). The molecule has 0 aliphatic heterocycles. The predicted octanol–water partition coefficient (Wildman–Crippen LogP) is 2.31. The second-order valence-corrected chi connectivity index (χ2v) is 4.41. The topological polar surface area (TPSA) is 55.8 Å². The molecule has 2 atom stereocenters. The number of methoxy groups -OCH3 is 1. The van der Waals surface area contributed by atoms with Crippen molar-refractivity contribution >= 4 is 5.97 Å². The van der Waals surface area contributed by atoms with E-state index in [0.717, 1.165) is 25.7 Å². The molecule has 0 aliphatic carbocycles. The second kappa shape index (κ2) is 10.1. The Labute approximate surface area is 110 Å². The number of esters is 1. The minimum Gasteiger partial charge on any atom is -0.460 e. The lowest BCUT2D eigenvalue weighted by Crippen LogP contribution is -2.27. The smallest absolute Gasteiger partial charge is 0.336 e. The Bertz CT molecular complexity index is 250. The fourth-order valence-corrected chi connectivity index (χ4v) is 1.77. The lowest BCUT2D eigenvalue weighted by atomic mass is 9.89. The molecule has 0 aliphatic rings. The first-order chi connectivity index (χ1) is 8.58. The zero-order valence-corrected chi connectivity index (χ0v) is 11.8. The molecule has 0 aromatic rings. The van der Waals surface area contributed by atoms with Crippen molar-refractivity contribution in [2.24, 2.45) is 5.92 Å². The lowest BCUT2D eigenvalue weighted by molar-refractivity contribution is -0.141. The zero-order valence-electron chi connectivity index (χ0n) is 11.8. The molecule has 0 heterocycles. The third-order valence-corrected chi connectivity index (χ3v) is 3.04. The van der Waals surface area contributed by atoms with Gasteiger partial charge in [-0.05, 0) is 12.3 Å². The maximum Gasteiger partial charge on any atom is 0.336 e. The molecule has 2 unspecified atom stereocenters. The first-order valence-corrected chi connectivity index (χ1v) is 6.61. The highest BCUT2D eigenvalue weighted by Gasteiger charge is 2.25. The molecule has 18 heavy (non-hydrogen) atoms. The highest BCUT2D eigenvalue weighted by atomic mass is 16.6. The van der Waals surface area contributed by atoms with Gasteiger partial charge in [-0.2, -0.15) is 0 Å². The molecular weight excluding hydrogens is 232 g/mol. The van der Waals surface area contributed by atoms with Crippen LogP contribution >= 0.6 is 0 Å². The summed E-state index contributed by atoms with van der Waals surface area (Å²) in [4.78, 5) is 11.6. The number of unbranched alkanes of at least 4 members (excludes halogenated alkanes) is 1. The molecule has 1 N–H and O–H groups in total. The van der Waals surface area contributed by atoms with Gasteiger partial charge in [0.2, 0.25) is 0 Å². The van der Waals surface area contributed by atoms with E-state index in [1.165, 1.54) is 7.11 Å². The van der Waals surface area contributed by atoms with Crippen LogP contribution in [0, 0.1) is 5.92 Å². The van der Waals surface area contributed by atoms with Gasteiger partial charge in [0.05, 0.1) is 18.3 Å². The minimum absolute atomic E-state index is 0.0763. The Hall–Kier alpha value is -0.870. The van der Waals surface area contributed by atoms with E-state index in [0.29, 0.717) is 6.61 Å². The number of ether oxygens (including phenoxy) is 2. The van der Waals surface area contributed by atoms with Crippen LogP contribution in [0.4, 0.5) is 0 Å². The standard InChI is InChI=1S/C14H26O4/c1-5-7-8-12(6-2)13(15)11(3)14(16)18-10-9-17-4/h12-13,15H,3,5-10H2,1-2,4H3. The summed E-state index contributed by atoms with van der Waals surface area (Å²) in [5.74, 6) is -0.457. The van der Waals surface area contributed by atoms with Crippen molar-refractivity contribution < 1.29 is 19.4 Å². The Morgan fingerprint density at radius 1 is 1.33 bits per heavy atom. The van der Waals surface area contributed by atoms with Crippen LogP contribution < -0.4 is 0 Å². The molecular formula is C14H26O4. The summed E-state index contributed by atoms with van der Waals surface area (Å²) < 4.78 is 9.73. The van der Waals surface area contributed by atoms with Gasteiger partial charge in [0.15, 0.2) is 0 Å².